The molecule has 1 aromatic carbocycles. The van der Waals surface area contributed by atoms with Gasteiger partial charge in [-0.3, -0.25) is 4.79 Å². The zero-order chi connectivity index (χ0) is 11.7. The Kier molecular flexibility index (Phi) is 2.86. The van der Waals surface area contributed by atoms with Crippen LogP contribution < -0.4 is 5.32 Å². The monoisotopic (exact) mass is 219 g/mol. The molecule has 2 N–H and O–H groups in total. The summed E-state index contributed by atoms with van der Waals surface area (Å²) >= 11 is 0. The van der Waals surface area contributed by atoms with Crippen molar-refractivity contribution in [3.63, 3.8) is 0 Å². The van der Waals surface area contributed by atoms with Crippen molar-refractivity contribution in [1.82, 2.24) is 0 Å². The minimum atomic E-state index is -0.733. The van der Waals surface area contributed by atoms with Crippen LogP contribution in [-0.2, 0) is 11.2 Å². The SMILES string of the molecule is CC(Cc1cccc2c1NCC2C)C(=O)O. The van der Waals surface area contributed by atoms with E-state index in [-0.39, 0.29) is 5.92 Å². The average molecular weight is 219 g/mol. The number of carboxylic acids is 1. The Morgan fingerprint density at radius 1 is 1.62 bits per heavy atom. The number of hydrogen-bond donors (Lipinski definition) is 2. The number of rotatable bonds is 3. The van der Waals surface area contributed by atoms with Gasteiger partial charge >= 0.3 is 5.97 Å². The summed E-state index contributed by atoms with van der Waals surface area (Å²) in [4.78, 5) is 10.8. The molecule has 0 bridgehead atoms. The van der Waals surface area contributed by atoms with Gasteiger partial charge in [-0.25, -0.2) is 0 Å². The van der Waals surface area contributed by atoms with Crippen LogP contribution in [0.2, 0.25) is 0 Å². The molecule has 2 unspecified atom stereocenters. The third-order valence-electron chi connectivity index (χ3n) is 3.25. The van der Waals surface area contributed by atoms with E-state index in [2.05, 4.69) is 18.3 Å². The topological polar surface area (TPSA) is 49.3 Å². The Morgan fingerprint density at radius 3 is 3.06 bits per heavy atom. The highest BCUT2D eigenvalue weighted by Crippen LogP contribution is 2.34. The van der Waals surface area contributed by atoms with Gasteiger partial charge < -0.3 is 10.4 Å². The second kappa shape index (κ2) is 4.16. The Balaban J connectivity index is 2.26. The van der Waals surface area contributed by atoms with Crippen LogP contribution in [0.4, 0.5) is 5.69 Å². The highest BCUT2D eigenvalue weighted by molar-refractivity contribution is 5.71. The number of carbonyl (C=O) groups is 1. The van der Waals surface area contributed by atoms with Crippen molar-refractivity contribution < 1.29 is 9.90 Å². The standard InChI is InChI=1S/C13H17NO2/c1-8(13(15)16)6-10-4-3-5-11-9(2)7-14-12(10)11/h3-5,8-9,14H,6-7H2,1-2H3,(H,15,16). The molecule has 86 valence electrons. The molecule has 3 heteroatoms. The third-order valence-corrected chi connectivity index (χ3v) is 3.25. The first-order chi connectivity index (χ1) is 7.59. The van der Waals surface area contributed by atoms with E-state index in [1.54, 1.807) is 6.92 Å². The number of fused-ring (bicyclic) bond motifs is 1. The van der Waals surface area contributed by atoms with Crippen LogP contribution in [0.25, 0.3) is 0 Å². The van der Waals surface area contributed by atoms with Gasteiger partial charge in [-0.15, -0.1) is 0 Å². The lowest BCUT2D eigenvalue weighted by Crippen LogP contribution is -2.13. The first kappa shape index (κ1) is 11.0. The molecule has 0 aromatic heterocycles. The summed E-state index contributed by atoms with van der Waals surface area (Å²) in [7, 11) is 0. The van der Waals surface area contributed by atoms with Crippen LogP contribution in [-0.4, -0.2) is 17.6 Å². The molecule has 0 saturated heterocycles. The number of para-hydroxylation sites is 1. The van der Waals surface area contributed by atoms with Gasteiger partial charge in [0.1, 0.15) is 0 Å². The van der Waals surface area contributed by atoms with Crippen LogP contribution in [0.5, 0.6) is 0 Å². The average Bonchev–Trinajstić information content (AvgIpc) is 2.62. The van der Waals surface area contributed by atoms with Crippen molar-refractivity contribution in [3.05, 3.63) is 29.3 Å². The first-order valence-electron chi connectivity index (χ1n) is 5.68. The van der Waals surface area contributed by atoms with E-state index in [0.717, 1.165) is 17.8 Å². The van der Waals surface area contributed by atoms with Crippen LogP contribution in [0.1, 0.15) is 30.9 Å². The van der Waals surface area contributed by atoms with Crippen molar-refractivity contribution in [3.8, 4) is 0 Å². The van der Waals surface area contributed by atoms with E-state index < -0.39 is 5.97 Å². The van der Waals surface area contributed by atoms with Gasteiger partial charge in [0.25, 0.3) is 0 Å². The molecule has 1 heterocycles. The fraction of sp³-hybridized carbons (Fsp3) is 0.462. The molecular formula is C13H17NO2. The molecule has 1 aromatic rings. The molecule has 1 aliphatic rings. The van der Waals surface area contributed by atoms with E-state index >= 15 is 0 Å². The Bertz CT molecular complexity index is 414. The fourth-order valence-electron chi connectivity index (χ4n) is 2.20. The van der Waals surface area contributed by atoms with Crippen molar-refractivity contribution >= 4 is 11.7 Å². The van der Waals surface area contributed by atoms with Crippen LogP contribution in [0.3, 0.4) is 0 Å². The molecule has 3 nitrogen and oxygen atoms in total. The minimum absolute atomic E-state index is 0.329. The van der Waals surface area contributed by atoms with Gasteiger partial charge in [0, 0.05) is 18.2 Å². The Hall–Kier alpha value is -1.51. The largest absolute Gasteiger partial charge is 0.481 e. The summed E-state index contributed by atoms with van der Waals surface area (Å²) in [5, 5.41) is 12.3. The zero-order valence-corrected chi connectivity index (χ0v) is 9.66. The number of benzene rings is 1. The van der Waals surface area contributed by atoms with E-state index in [9.17, 15) is 4.79 Å². The third kappa shape index (κ3) is 1.90. The van der Waals surface area contributed by atoms with Crippen LogP contribution in [0, 0.1) is 5.92 Å². The molecule has 0 spiro atoms. The molecule has 2 atom stereocenters. The van der Waals surface area contributed by atoms with E-state index in [0.29, 0.717) is 12.3 Å². The molecule has 0 amide bonds. The number of aliphatic carboxylic acids is 1. The highest BCUT2D eigenvalue weighted by Gasteiger charge is 2.22. The summed E-state index contributed by atoms with van der Waals surface area (Å²) in [5.74, 6) is -0.539. The van der Waals surface area contributed by atoms with Gasteiger partial charge in [-0.1, -0.05) is 32.0 Å². The number of carboxylic acid groups (broad SMARTS) is 1. The van der Waals surface area contributed by atoms with Gasteiger partial charge in [-0.05, 0) is 17.5 Å². The highest BCUT2D eigenvalue weighted by atomic mass is 16.4. The lowest BCUT2D eigenvalue weighted by atomic mass is 9.95. The van der Waals surface area contributed by atoms with Crippen molar-refractivity contribution in [1.29, 1.82) is 0 Å². The van der Waals surface area contributed by atoms with E-state index in [4.69, 9.17) is 5.11 Å². The second-order valence-corrected chi connectivity index (χ2v) is 4.61. The zero-order valence-electron chi connectivity index (χ0n) is 9.66. The fourth-order valence-corrected chi connectivity index (χ4v) is 2.20. The van der Waals surface area contributed by atoms with Gasteiger partial charge in [0.2, 0.25) is 0 Å². The minimum Gasteiger partial charge on any atom is -0.481 e. The second-order valence-electron chi connectivity index (χ2n) is 4.61. The van der Waals surface area contributed by atoms with E-state index in [1.807, 2.05) is 12.1 Å². The maximum Gasteiger partial charge on any atom is 0.306 e. The summed E-state index contributed by atoms with van der Waals surface area (Å²) in [5.41, 5.74) is 3.59. The van der Waals surface area contributed by atoms with Gasteiger partial charge in [0.15, 0.2) is 0 Å². The predicted molar refractivity (Wildman–Crippen MR) is 63.9 cm³/mol. The molecule has 0 aliphatic carbocycles. The normalized spacial score (nSPS) is 20.0. The predicted octanol–water partition coefficient (Wildman–Crippen LogP) is 2.48. The van der Waals surface area contributed by atoms with Crippen LogP contribution >= 0.6 is 0 Å². The lowest BCUT2D eigenvalue weighted by molar-refractivity contribution is -0.141. The smallest absolute Gasteiger partial charge is 0.306 e. The molecule has 0 saturated carbocycles. The summed E-state index contributed by atoms with van der Waals surface area (Å²) < 4.78 is 0. The summed E-state index contributed by atoms with van der Waals surface area (Å²) in [6.45, 7) is 4.89. The van der Waals surface area contributed by atoms with Crippen molar-refractivity contribution in [2.24, 2.45) is 5.92 Å². The quantitative estimate of drug-likeness (QED) is 0.821. The Morgan fingerprint density at radius 2 is 2.38 bits per heavy atom. The molecular weight excluding hydrogens is 202 g/mol. The van der Waals surface area contributed by atoms with Crippen molar-refractivity contribution in [2.45, 2.75) is 26.2 Å². The molecule has 16 heavy (non-hydrogen) atoms. The molecule has 1 aliphatic heterocycles. The summed E-state index contributed by atoms with van der Waals surface area (Å²) in [6.07, 6.45) is 0.595. The van der Waals surface area contributed by atoms with Crippen molar-refractivity contribution in [2.75, 3.05) is 11.9 Å². The number of nitrogens with one attached hydrogen (secondary N) is 1. The maximum atomic E-state index is 10.8. The molecule has 2 rings (SSSR count). The molecule has 0 fully saturated rings. The van der Waals surface area contributed by atoms with E-state index in [1.165, 1.54) is 5.56 Å². The number of anilines is 1. The summed E-state index contributed by atoms with van der Waals surface area (Å²) in [6, 6.07) is 6.16. The first-order valence-corrected chi connectivity index (χ1v) is 5.68. The van der Waals surface area contributed by atoms with Crippen LogP contribution in [0.15, 0.2) is 18.2 Å². The molecule has 0 radical (unpaired) electrons. The van der Waals surface area contributed by atoms with Gasteiger partial charge in [0.05, 0.1) is 5.92 Å². The number of hydrogen-bond acceptors (Lipinski definition) is 2. The van der Waals surface area contributed by atoms with Gasteiger partial charge in [-0.2, -0.15) is 0 Å². The Labute approximate surface area is 95.5 Å². The maximum absolute atomic E-state index is 10.8. The lowest BCUT2D eigenvalue weighted by Gasteiger charge is -2.11.